The largest absolute Gasteiger partial charge is 0.454 e. The van der Waals surface area contributed by atoms with Crippen molar-refractivity contribution in [2.45, 2.75) is 11.4 Å². The summed E-state index contributed by atoms with van der Waals surface area (Å²) in [4.78, 5) is 4.32. The Hall–Kier alpha value is -2.58. The van der Waals surface area contributed by atoms with Crippen LogP contribution in [0.25, 0.3) is 11.1 Å². The first-order valence-corrected chi connectivity index (χ1v) is 8.34. The Bertz CT molecular complexity index is 947. The first-order valence-electron chi connectivity index (χ1n) is 6.86. The van der Waals surface area contributed by atoms with Gasteiger partial charge < -0.3 is 13.9 Å². The molecule has 8 heteroatoms. The minimum Gasteiger partial charge on any atom is -0.454 e. The van der Waals surface area contributed by atoms with Crippen LogP contribution in [-0.2, 0) is 16.6 Å². The number of ether oxygens (including phenoxy) is 2. The van der Waals surface area contributed by atoms with Gasteiger partial charge in [0, 0.05) is 6.07 Å². The highest BCUT2D eigenvalue weighted by Crippen LogP contribution is 2.33. The third kappa shape index (κ3) is 2.62. The van der Waals surface area contributed by atoms with Gasteiger partial charge >= 0.3 is 0 Å². The van der Waals surface area contributed by atoms with E-state index in [1.54, 1.807) is 18.2 Å². The van der Waals surface area contributed by atoms with Gasteiger partial charge in [-0.3, -0.25) is 0 Å². The summed E-state index contributed by atoms with van der Waals surface area (Å²) in [6, 6.07) is 11.7. The van der Waals surface area contributed by atoms with E-state index in [2.05, 4.69) is 9.71 Å². The number of rotatable bonds is 4. The maximum atomic E-state index is 12.3. The normalized spacial score (nSPS) is 13.6. The zero-order valence-electron chi connectivity index (χ0n) is 11.9. The van der Waals surface area contributed by atoms with Crippen LogP contribution >= 0.6 is 0 Å². The molecule has 0 atom stereocenters. The van der Waals surface area contributed by atoms with E-state index in [1.165, 1.54) is 12.1 Å². The molecule has 0 spiro atoms. The molecule has 7 nitrogen and oxygen atoms in total. The van der Waals surface area contributed by atoms with Crippen molar-refractivity contribution >= 4 is 21.1 Å². The van der Waals surface area contributed by atoms with Crippen molar-refractivity contribution in [3.63, 3.8) is 0 Å². The summed E-state index contributed by atoms with van der Waals surface area (Å²) in [7, 11) is -3.70. The van der Waals surface area contributed by atoms with Crippen LogP contribution in [0.15, 0.2) is 51.8 Å². The average Bonchev–Trinajstić information content (AvgIpc) is 3.18. The molecule has 0 fully saturated rings. The second-order valence-corrected chi connectivity index (χ2v) is 6.68. The third-order valence-corrected chi connectivity index (χ3v) is 4.80. The van der Waals surface area contributed by atoms with Crippen LogP contribution in [0, 0.1) is 0 Å². The van der Waals surface area contributed by atoms with E-state index in [4.69, 9.17) is 13.9 Å². The van der Waals surface area contributed by atoms with Crippen LogP contribution in [0.5, 0.6) is 11.5 Å². The molecule has 0 unspecified atom stereocenters. The summed E-state index contributed by atoms with van der Waals surface area (Å²) >= 11 is 0. The van der Waals surface area contributed by atoms with Gasteiger partial charge in [-0.15, -0.1) is 0 Å². The molecule has 0 radical (unpaired) electrons. The summed E-state index contributed by atoms with van der Waals surface area (Å²) in [5, 5.41) is 0. The van der Waals surface area contributed by atoms with Gasteiger partial charge in [-0.05, 0) is 24.3 Å². The number of nitrogens with one attached hydrogen (secondary N) is 1. The number of sulfonamides is 1. The standard InChI is InChI=1S/C15H12N2O5S/c18-23(19,10-5-6-13-14(7-10)21-9-20-13)16-8-15-17-11-3-1-2-4-12(11)22-15/h1-7,16H,8-9H2. The van der Waals surface area contributed by atoms with E-state index < -0.39 is 10.0 Å². The van der Waals surface area contributed by atoms with E-state index >= 15 is 0 Å². The Kier molecular flexibility index (Phi) is 3.21. The lowest BCUT2D eigenvalue weighted by Gasteiger charge is -2.05. The van der Waals surface area contributed by atoms with Gasteiger partial charge in [-0.25, -0.2) is 18.1 Å². The summed E-state index contributed by atoms with van der Waals surface area (Å²) in [5.74, 6) is 1.24. The maximum absolute atomic E-state index is 12.3. The number of para-hydroxylation sites is 2. The Morgan fingerprint density at radius 3 is 2.78 bits per heavy atom. The van der Waals surface area contributed by atoms with Crippen molar-refractivity contribution in [3.8, 4) is 11.5 Å². The zero-order chi connectivity index (χ0) is 15.9. The molecule has 118 valence electrons. The SMILES string of the molecule is O=S(=O)(NCc1nc2ccccc2o1)c1ccc2c(c1)OCO2. The van der Waals surface area contributed by atoms with E-state index in [9.17, 15) is 8.42 Å². The van der Waals surface area contributed by atoms with Crippen molar-refractivity contribution in [1.29, 1.82) is 0 Å². The van der Waals surface area contributed by atoms with Gasteiger partial charge in [0.25, 0.3) is 0 Å². The van der Waals surface area contributed by atoms with Gasteiger partial charge in [-0.1, -0.05) is 12.1 Å². The van der Waals surface area contributed by atoms with Crippen molar-refractivity contribution in [2.75, 3.05) is 6.79 Å². The molecule has 23 heavy (non-hydrogen) atoms. The molecule has 1 aromatic heterocycles. The summed E-state index contributed by atoms with van der Waals surface area (Å²) < 4.78 is 43.0. The highest BCUT2D eigenvalue weighted by Gasteiger charge is 2.20. The van der Waals surface area contributed by atoms with Crippen molar-refractivity contribution in [3.05, 3.63) is 48.4 Å². The fourth-order valence-electron chi connectivity index (χ4n) is 2.28. The van der Waals surface area contributed by atoms with Gasteiger partial charge in [0.2, 0.25) is 22.7 Å². The Morgan fingerprint density at radius 2 is 1.91 bits per heavy atom. The molecule has 2 heterocycles. The monoisotopic (exact) mass is 332 g/mol. The van der Waals surface area contributed by atoms with Crippen LogP contribution in [0.4, 0.5) is 0 Å². The minimum absolute atomic E-state index is 0.0363. The van der Waals surface area contributed by atoms with E-state index in [-0.39, 0.29) is 18.2 Å². The first-order chi connectivity index (χ1) is 11.1. The van der Waals surface area contributed by atoms with Crippen LogP contribution in [-0.4, -0.2) is 20.2 Å². The molecular formula is C15H12N2O5S. The fraction of sp³-hybridized carbons (Fsp3) is 0.133. The Labute approximate surface area is 131 Å². The highest BCUT2D eigenvalue weighted by molar-refractivity contribution is 7.89. The molecule has 0 saturated heterocycles. The van der Waals surface area contributed by atoms with Crippen LogP contribution in [0.1, 0.15) is 5.89 Å². The van der Waals surface area contributed by atoms with Crippen LogP contribution in [0.3, 0.4) is 0 Å². The molecule has 2 aromatic carbocycles. The number of aromatic nitrogens is 1. The van der Waals surface area contributed by atoms with E-state index in [1.807, 2.05) is 12.1 Å². The number of nitrogens with zero attached hydrogens (tertiary/aromatic N) is 1. The lowest BCUT2D eigenvalue weighted by atomic mass is 10.3. The number of hydrogen-bond donors (Lipinski definition) is 1. The molecule has 0 saturated carbocycles. The molecule has 0 bridgehead atoms. The zero-order valence-corrected chi connectivity index (χ0v) is 12.7. The molecule has 1 aliphatic heterocycles. The predicted molar refractivity (Wildman–Crippen MR) is 80.6 cm³/mol. The molecule has 0 amide bonds. The first kappa shape index (κ1) is 14.0. The molecular weight excluding hydrogens is 320 g/mol. The van der Waals surface area contributed by atoms with E-state index in [0.29, 0.717) is 28.5 Å². The molecule has 1 aliphatic rings. The lowest BCUT2D eigenvalue weighted by Crippen LogP contribution is -2.23. The predicted octanol–water partition coefficient (Wildman–Crippen LogP) is 2.03. The molecule has 3 aromatic rings. The number of benzene rings is 2. The second kappa shape index (κ2) is 5.25. The maximum Gasteiger partial charge on any atom is 0.241 e. The van der Waals surface area contributed by atoms with E-state index in [0.717, 1.165) is 0 Å². The molecule has 4 rings (SSSR count). The summed E-state index contributed by atoms with van der Waals surface area (Å²) in [6.45, 7) is 0.0562. The van der Waals surface area contributed by atoms with Crippen molar-refractivity contribution in [1.82, 2.24) is 9.71 Å². The third-order valence-electron chi connectivity index (χ3n) is 3.41. The van der Waals surface area contributed by atoms with Crippen LogP contribution < -0.4 is 14.2 Å². The van der Waals surface area contributed by atoms with Gasteiger partial charge in [0.15, 0.2) is 17.1 Å². The summed E-state index contributed by atoms with van der Waals surface area (Å²) in [6.07, 6.45) is 0. The lowest BCUT2D eigenvalue weighted by molar-refractivity contribution is 0.174. The van der Waals surface area contributed by atoms with Crippen molar-refractivity contribution < 1.29 is 22.3 Å². The quantitative estimate of drug-likeness (QED) is 0.786. The molecule has 1 N–H and O–H groups in total. The smallest absolute Gasteiger partial charge is 0.241 e. The topological polar surface area (TPSA) is 90.7 Å². The fourth-order valence-corrected chi connectivity index (χ4v) is 3.27. The van der Waals surface area contributed by atoms with Crippen molar-refractivity contribution in [2.24, 2.45) is 0 Å². The van der Waals surface area contributed by atoms with Gasteiger partial charge in [0.05, 0.1) is 11.4 Å². The van der Waals surface area contributed by atoms with Gasteiger partial charge in [-0.2, -0.15) is 0 Å². The Morgan fingerprint density at radius 1 is 1.09 bits per heavy atom. The number of hydrogen-bond acceptors (Lipinski definition) is 6. The highest BCUT2D eigenvalue weighted by atomic mass is 32.2. The molecule has 0 aliphatic carbocycles. The Balaban J connectivity index is 1.55. The number of oxazole rings is 1. The van der Waals surface area contributed by atoms with Gasteiger partial charge in [0.1, 0.15) is 5.52 Å². The number of fused-ring (bicyclic) bond motifs is 2. The average molecular weight is 332 g/mol. The summed E-state index contributed by atoms with van der Waals surface area (Å²) in [5.41, 5.74) is 1.30. The minimum atomic E-state index is -3.70. The second-order valence-electron chi connectivity index (χ2n) is 4.91. The van der Waals surface area contributed by atoms with Crippen LogP contribution in [0.2, 0.25) is 0 Å².